The minimum absolute atomic E-state index is 0.0997. The van der Waals surface area contributed by atoms with E-state index in [1.54, 1.807) is 44.6 Å². The van der Waals surface area contributed by atoms with Crippen LogP contribution in [0.5, 0.6) is 11.5 Å². The van der Waals surface area contributed by atoms with Crippen LogP contribution in [0.4, 0.5) is 0 Å². The van der Waals surface area contributed by atoms with Gasteiger partial charge < -0.3 is 13.9 Å². The molecular weight excluding hydrogens is 478 g/mol. The van der Waals surface area contributed by atoms with Crippen LogP contribution in [-0.2, 0) is 20.9 Å². The molecule has 8 heteroatoms. The maximum atomic E-state index is 13.2. The molecule has 0 saturated carbocycles. The Bertz CT molecular complexity index is 1110. The zero-order valence-electron chi connectivity index (χ0n) is 22.4. The Morgan fingerprint density at radius 3 is 2.14 bits per heavy atom. The van der Waals surface area contributed by atoms with Gasteiger partial charge in [-0.1, -0.05) is 44.5 Å². The number of benzene rings is 2. The van der Waals surface area contributed by atoms with Crippen molar-refractivity contribution in [3.05, 3.63) is 65.7 Å². The van der Waals surface area contributed by atoms with Crippen LogP contribution >= 0.6 is 0 Å². The summed E-state index contributed by atoms with van der Waals surface area (Å²) in [7, 11) is -2.52. The second-order valence-electron chi connectivity index (χ2n) is 10.3. The SMILES string of the molecule is C=CC[C@H](NS(=O)(=O)c1ccc(C)cc1)c1cc(OC)c(OC)cc1CCO[Si](C)(C)C(C)(C)C. The van der Waals surface area contributed by atoms with Gasteiger partial charge in [-0.05, 0) is 73.3 Å². The number of aryl methyl sites for hydroxylation is 1. The van der Waals surface area contributed by atoms with E-state index in [1.165, 1.54) is 0 Å². The predicted molar refractivity (Wildman–Crippen MR) is 145 cm³/mol. The van der Waals surface area contributed by atoms with E-state index >= 15 is 0 Å². The van der Waals surface area contributed by atoms with Gasteiger partial charge in [-0.2, -0.15) is 0 Å². The second kappa shape index (κ2) is 11.7. The molecule has 2 aromatic rings. The van der Waals surface area contributed by atoms with E-state index in [-0.39, 0.29) is 9.93 Å². The van der Waals surface area contributed by atoms with Crippen molar-refractivity contribution < 1.29 is 22.3 Å². The highest BCUT2D eigenvalue weighted by atomic mass is 32.2. The predicted octanol–water partition coefficient (Wildman–Crippen LogP) is 6.17. The standard InChI is InChI=1S/C27H41NO5SSi/c1-10-11-24(28-34(29,30)22-14-12-20(2)13-15-22)23-19-26(32-7)25(31-6)18-21(23)16-17-33-35(8,9)27(3,4)5/h10,12-15,18-19,24,28H,1,11,16-17H2,2-9H3/t24-/m0/s1. The summed E-state index contributed by atoms with van der Waals surface area (Å²) in [6.07, 6.45) is 2.74. The molecule has 1 N–H and O–H groups in total. The second-order valence-corrected chi connectivity index (χ2v) is 16.8. The molecule has 0 fully saturated rings. The van der Waals surface area contributed by atoms with Crippen molar-refractivity contribution in [3.63, 3.8) is 0 Å². The third-order valence-electron chi connectivity index (χ3n) is 6.69. The minimum Gasteiger partial charge on any atom is -0.493 e. The summed E-state index contributed by atoms with van der Waals surface area (Å²) in [5, 5.41) is 0.0997. The maximum Gasteiger partial charge on any atom is 0.241 e. The molecule has 0 aromatic heterocycles. The van der Waals surface area contributed by atoms with Gasteiger partial charge in [0.15, 0.2) is 19.8 Å². The Hall–Kier alpha value is -2.13. The van der Waals surface area contributed by atoms with Gasteiger partial charge in [0.25, 0.3) is 0 Å². The third kappa shape index (κ3) is 7.43. The average molecular weight is 520 g/mol. The summed E-state index contributed by atoms with van der Waals surface area (Å²) in [5.41, 5.74) is 2.76. The van der Waals surface area contributed by atoms with Gasteiger partial charge in [-0.25, -0.2) is 13.1 Å². The van der Waals surface area contributed by atoms with E-state index in [1.807, 2.05) is 19.1 Å². The number of hydrogen-bond acceptors (Lipinski definition) is 5. The first-order valence-corrected chi connectivity index (χ1v) is 16.2. The molecule has 2 aromatic carbocycles. The van der Waals surface area contributed by atoms with Crippen molar-refractivity contribution in [2.24, 2.45) is 0 Å². The minimum atomic E-state index is -3.76. The molecular formula is C27H41NO5SSi. The van der Waals surface area contributed by atoms with Crippen LogP contribution in [0.25, 0.3) is 0 Å². The highest BCUT2D eigenvalue weighted by molar-refractivity contribution is 7.89. The first-order valence-electron chi connectivity index (χ1n) is 11.8. The lowest BCUT2D eigenvalue weighted by molar-refractivity contribution is 0.291. The molecule has 0 unspecified atom stereocenters. The quantitative estimate of drug-likeness (QED) is 0.268. The molecule has 0 heterocycles. The number of rotatable bonds is 12. The van der Waals surface area contributed by atoms with Crippen molar-refractivity contribution in [1.29, 1.82) is 0 Å². The molecule has 6 nitrogen and oxygen atoms in total. The molecule has 0 aliphatic heterocycles. The lowest BCUT2D eigenvalue weighted by Gasteiger charge is -2.36. The van der Waals surface area contributed by atoms with Crippen molar-refractivity contribution >= 4 is 18.3 Å². The van der Waals surface area contributed by atoms with Crippen molar-refractivity contribution in [3.8, 4) is 11.5 Å². The molecule has 0 radical (unpaired) electrons. The monoisotopic (exact) mass is 519 g/mol. The van der Waals surface area contributed by atoms with Crippen molar-refractivity contribution in [2.45, 2.75) is 69.6 Å². The Kier molecular flexibility index (Phi) is 9.76. The van der Waals surface area contributed by atoms with Crippen LogP contribution in [0.1, 0.15) is 49.9 Å². The fourth-order valence-corrected chi connectivity index (χ4v) is 5.76. The van der Waals surface area contributed by atoms with Crippen LogP contribution in [0.15, 0.2) is 53.9 Å². The normalized spacial score (nSPS) is 13.4. The van der Waals surface area contributed by atoms with Crippen LogP contribution < -0.4 is 14.2 Å². The topological polar surface area (TPSA) is 73.9 Å². The van der Waals surface area contributed by atoms with Gasteiger partial charge in [0.05, 0.1) is 25.2 Å². The molecule has 194 valence electrons. The largest absolute Gasteiger partial charge is 0.493 e. The third-order valence-corrected chi connectivity index (χ3v) is 12.7. The average Bonchev–Trinajstić information content (AvgIpc) is 2.77. The number of nitrogens with one attached hydrogen (secondary N) is 1. The van der Waals surface area contributed by atoms with Gasteiger partial charge >= 0.3 is 0 Å². The molecule has 0 saturated heterocycles. The summed E-state index contributed by atoms with van der Waals surface area (Å²) in [6.45, 7) is 17.4. The lowest BCUT2D eigenvalue weighted by Crippen LogP contribution is -2.41. The molecule has 0 aliphatic carbocycles. The van der Waals surface area contributed by atoms with Crippen molar-refractivity contribution in [1.82, 2.24) is 4.72 Å². The van der Waals surface area contributed by atoms with E-state index in [9.17, 15) is 8.42 Å². The van der Waals surface area contributed by atoms with Gasteiger partial charge in [0.1, 0.15) is 0 Å². The highest BCUT2D eigenvalue weighted by Crippen LogP contribution is 2.38. The fraction of sp³-hybridized carbons (Fsp3) is 0.481. The Morgan fingerprint density at radius 1 is 1.06 bits per heavy atom. The Balaban J connectivity index is 2.46. The van der Waals surface area contributed by atoms with Crippen molar-refractivity contribution in [2.75, 3.05) is 20.8 Å². The van der Waals surface area contributed by atoms with E-state index < -0.39 is 24.4 Å². The van der Waals surface area contributed by atoms with E-state index in [2.05, 4.69) is 45.2 Å². The van der Waals surface area contributed by atoms with Gasteiger partial charge in [-0.15, -0.1) is 6.58 Å². The van der Waals surface area contributed by atoms with Crippen LogP contribution in [0.3, 0.4) is 0 Å². The van der Waals surface area contributed by atoms with Crippen LogP contribution in [-0.4, -0.2) is 37.6 Å². The van der Waals surface area contributed by atoms with Crippen LogP contribution in [0.2, 0.25) is 18.1 Å². The number of sulfonamides is 1. The number of ether oxygens (including phenoxy) is 2. The summed E-state index contributed by atoms with van der Waals surface area (Å²) >= 11 is 0. The molecule has 2 rings (SSSR count). The molecule has 0 amide bonds. The number of methoxy groups -OCH3 is 2. The summed E-state index contributed by atoms with van der Waals surface area (Å²) in [6, 6.07) is 10.1. The van der Waals surface area contributed by atoms with Gasteiger partial charge in [0, 0.05) is 6.61 Å². The zero-order chi connectivity index (χ0) is 26.4. The lowest BCUT2D eigenvalue weighted by atomic mass is 9.96. The fourth-order valence-electron chi connectivity index (χ4n) is 3.49. The first-order chi connectivity index (χ1) is 16.3. The highest BCUT2D eigenvalue weighted by Gasteiger charge is 2.37. The molecule has 0 spiro atoms. The van der Waals surface area contributed by atoms with Crippen LogP contribution in [0, 0.1) is 6.92 Å². The van der Waals surface area contributed by atoms with E-state index in [4.69, 9.17) is 13.9 Å². The zero-order valence-corrected chi connectivity index (χ0v) is 24.2. The maximum absolute atomic E-state index is 13.2. The summed E-state index contributed by atoms with van der Waals surface area (Å²) < 4.78 is 46.8. The molecule has 1 atom stereocenters. The Labute approximate surface area is 212 Å². The van der Waals surface area contributed by atoms with E-state index in [0.29, 0.717) is 30.9 Å². The molecule has 0 aliphatic rings. The van der Waals surface area contributed by atoms with Gasteiger partial charge in [0.2, 0.25) is 10.0 Å². The molecule has 35 heavy (non-hydrogen) atoms. The van der Waals surface area contributed by atoms with E-state index in [0.717, 1.165) is 16.7 Å². The number of hydrogen-bond donors (Lipinski definition) is 1. The first kappa shape index (κ1) is 29.1. The smallest absolute Gasteiger partial charge is 0.241 e. The summed E-state index contributed by atoms with van der Waals surface area (Å²) in [5.74, 6) is 1.14. The molecule has 0 bridgehead atoms. The summed E-state index contributed by atoms with van der Waals surface area (Å²) in [4.78, 5) is 0.223. The Morgan fingerprint density at radius 2 is 1.63 bits per heavy atom. The van der Waals surface area contributed by atoms with Gasteiger partial charge in [-0.3, -0.25) is 0 Å².